The van der Waals surface area contributed by atoms with Crippen molar-refractivity contribution in [2.24, 2.45) is 5.92 Å². The number of hydrogen-bond donors (Lipinski definition) is 0. The molecule has 122 valence electrons. The molecular weight excluding hydrogens is 284 g/mol. The van der Waals surface area contributed by atoms with Crippen LogP contribution in [0.25, 0.3) is 5.57 Å². The minimum absolute atomic E-state index is 0.502. The van der Waals surface area contributed by atoms with E-state index < -0.39 is 0 Å². The Balaban J connectivity index is 2.18. The summed E-state index contributed by atoms with van der Waals surface area (Å²) in [5.41, 5.74) is 4.00. The fourth-order valence-corrected chi connectivity index (χ4v) is 2.94. The fraction of sp³-hybridized carbons (Fsp3) is 0.333. The zero-order valence-electron chi connectivity index (χ0n) is 14.5. The molecule has 23 heavy (non-hydrogen) atoms. The van der Waals surface area contributed by atoms with Crippen LogP contribution in [0.1, 0.15) is 31.4 Å². The van der Waals surface area contributed by atoms with Crippen LogP contribution in [0.2, 0.25) is 0 Å². The van der Waals surface area contributed by atoms with Gasteiger partial charge in [-0.25, -0.2) is 0 Å². The van der Waals surface area contributed by atoms with Gasteiger partial charge in [-0.1, -0.05) is 37.3 Å². The van der Waals surface area contributed by atoms with Gasteiger partial charge in [-0.3, -0.25) is 0 Å². The summed E-state index contributed by atoms with van der Waals surface area (Å²) in [4.78, 5) is 0. The summed E-state index contributed by atoms with van der Waals surface area (Å²) in [5.74, 6) is 2.30. The van der Waals surface area contributed by atoms with E-state index in [-0.39, 0.29) is 0 Å². The molecule has 0 bridgehead atoms. The van der Waals surface area contributed by atoms with E-state index in [4.69, 9.17) is 9.47 Å². The molecule has 1 unspecified atom stereocenters. The molecule has 1 atom stereocenters. The van der Waals surface area contributed by atoms with Crippen LogP contribution < -0.4 is 9.47 Å². The third-order valence-electron chi connectivity index (χ3n) is 4.31. The minimum Gasteiger partial charge on any atom is -0.497 e. The second-order valence-electron chi connectivity index (χ2n) is 5.63. The van der Waals surface area contributed by atoms with Gasteiger partial charge in [0.1, 0.15) is 11.5 Å². The summed E-state index contributed by atoms with van der Waals surface area (Å²) < 4.78 is 10.5. The smallest absolute Gasteiger partial charge is 0.118 e. The molecule has 2 aromatic rings. The zero-order valence-corrected chi connectivity index (χ0v) is 14.5. The molecule has 0 aliphatic heterocycles. The van der Waals surface area contributed by atoms with Crippen LogP contribution in [0.4, 0.5) is 0 Å². The van der Waals surface area contributed by atoms with E-state index in [0.717, 1.165) is 24.3 Å². The van der Waals surface area contributed by atoms with E-state index in [1.807, 2.05) is 24.3 Å². The second kappa shape index (κ2) is 8.42. The average molecular weight is 310 g/mol. The van der Waals surface area contributed by atoms with Crippen LogP contribution in [0.3, 0.4) is 0 Å². The van der Waals surface area contributed by atoms with Gasteiger partial charge in [0.25, 0.3) is 0 Å². The van der Waals surface area contributed by atoms with Gasteiger partial charge >= 0.3 is 0 Å². The van der Waals surface area contributed by atoms with Crippen molar-refractivity contribution in [1.29, 1.82) is 0 Å². The molecule has 0 saturated heterocycles. The van der Waals surface area contributed by atoms with Gasteiger partial charge in [0.2, 0.25) is 0 Å². The molecule has 0 fully saturated rings. The molecule has 0 saturated carbocycles. The first kappa shape index (κ1) is 17.1. The molecule has 0 spiro atoms. The van der Waals surface area contributed by atoms with E-state index in [2.05, 4.69) is 44.2 Å². The Labute approximate surface area is 139 Å². The summed E-state index contributed by atoms with van der Waals surface area (Å²) in [5, 5.41) is 0. The third-order valence-corrected chi connectivity index (χ3v) is 4.31. The molecule has 0 aliphatic carbocycles. The average Bonchev–Trinajstić information content (AvgIpc) is 2.62. The van der Waals surface area contributed by atoms with E-state index in [1.54, 1.807) is 14.2 Å². The molecule has 0 aromatic heterocycles. The second-order valence-corrected chi connectivity index (χ2v) is 5.63. The molecule has 2 heteroatoms. The number of benzene rings is 2. The molecule has 0 N–H and O–H groups in total. The molecule has 0 heterocycles. The van der Waals surface area contributed by atoms with E-state index in [9.17, 15) is 0 Å². The SMILES string of the molecule is C/C=C(/c1ccc(OC)cc1)C(CC)Cc1ccc(OC)cc1. The van der Waals surface area contributed by atoms with Gasteiger partial charge in [-0.2, -0.15) is 0 Å². The lowest BCUT2D eigenvalue weighted by Gasteiger charge is -2.20. The van der Waals surface area contributed by atoms with E-state index >= 15 is 0 Å². The van der Waals surface area contributed by atoms with Crippen LogP contribution in [-0.4, -0.2) is 14.2 Å². The Morgan fingerprint density at radius 2 is 1.43 bits per heavy atom. The first-order valence-corrected chi connectivity index (χ1v) is 8.15. The quantitative estimate of drug-likeness (QED) is 0.684. The third kappa shape index (κ3) is 4.38. The van der Waals surface area contributed by atoms with Crippen molar-refractivity contribution in [1.82, 2.24) is 0 Å². The maximum atomic E-state index is 5.26. The molecular formula is C21H26O2. The van der Waals surface area contributed by atoms with Crippen molar-refractivity contribution in [2.75, 3.05) is 14.2 Å². The highest BCUT2D eigenvalue weighted by Gasteiger charge is 2.14. The Bertz CT molecular complexity index is 624. The Morgan fingerprint density at radius 3 is 1.87 bits per heavy atom. The largest absolute Gasteiger partial charge is 0.497 e. The lowest BCUT2D eigenvalue weighted by Crippen LogP contribution is -2.06. The number of allylic oxidation sites excluding steroid dienone is 2. The van der Waals surface area contributed by atoms with Crippen molar-refractivity contribution in [3.8, 4) is 11.5 Å². The first-order valence-electron chi connectivity index (χ1n) is 8.15. The Hall–Kier alpha value is -2.22. The Morgan fingerprint density at radius 1 is 0.913 bits per heavy atom. The summed E-state index contributed by atoms with van der Waals surface area (Å²) in [6.45, 7) is 4.37. The van der Waals surface area contributed by atoms with Crippen molar-refractivity contribution >= 4 is 5.57 Å². The molecule has 2 rings (SSSR count). The van der Waals surface area contributed by atoms with E-state index in [0.29, 0.717) is 5.92 Å². The van der Waals surface area contributed by atoms with Gasteiger partial charge in [0, 0.05) is 0 Å². The standard InChI is InChI=1S/C21H26O2/c1-5-17(15-16-7-11-19(22-3)12-8-16)21(6-2)18-9-13-20(23-4)14-10-18/h6-14,17H,5,15H2,1-4H3/b21-6+. The summed E-state index contributed by atoms with van der Waals surface area (Å²) in [6.07, 6.45) is 4.38. The molecule has 2 aromatic carbocycles. The predicted octanol–water partition coefficient (Wildman–Crippen LogP) is 5.38. The highest BCUT2D eigenvalue weighted by atomic mass is 16.5. The molecule has 2 nitrogen and oxygen atoms in total. The zero-order chi connectivity index (χ0) is 16.7. The minimum atomic E-state index is 0.502. The number of hydrogen-bond acceptors (Lipinski definition) is 2. The van der Waals surface area contributed by atoms with Crippen molar-refractivity contribution in [3.05, 3.63) is 65.7 Å². The van der Waals surface area contributed by atoms with Gasteiger partial charge < -0.3 is 9.47 Å². The van der Waals surface area contributed by atoms with Gasteiger partial charge in [0.15, 0.2) is 0 Å². The van der Waals surface area contributed by atoms with Crippen LogP contribution in [0, 0.1) is 5.92 Å². The lowest BCUT2D eigenvalue weighted by atomic mass is 9.85. The number of ether oxygens (including phenoxy) is 2. The van der Waals surface area contributed by atoms with Crippen molar-refractivity contribution in [3.63, 3.8) is 0 Å². The van der Waals surface area contributed by atoms with Gasteiger partial charge in [0.05, 0.1) is 14.2 Å². The van der Waals surface area contributed by atoms with Gasteiger partial charge in [-0.05, 0) is 66.6 Å². The summed E-state index contributed by atoms with van der Waals surface area (Å²) in [6, 6.07) is 16.7. The summed E-state index contributed by atoms with van der Waals surface area (Å²) in [7, 11) is 3.40. The van der Waals surface area contributed by atoms with Crippen LogP contribution in [-0.2, 0) is 6.42 Å². The highest BCUT2D eigenvalue weighted by molar-refractivity contribution is 5.68. The fourth-order valence-electron chi connectivity index (χ4n) is 2.94. The molecule has 0 radical (unpaired) electrons. The first-order chi connectivity index (χ1) is 11.2. The summed E-state index contributed by atoms with van der Waals surface area (Å²) >= 11 is 0. The number of methoxy groups -OCH3 is 2. The van der Waals surface area contributed by atoms with Crippen molar-refractivity contribution < 1.29 is 9.47 Å². The number of rotatable bonds is 7. The lowest BCUT2D eigenvalue weighted by molar-refractivity contribution is 0.414. The van der Waals surface area contributed by atoms with Gasteiger partial charge in [-0.15, -0.1) is 0 Å². The van der Waals surface area contributed by atoms with Crippen LogP contribution in [0.5, 0.6) is 11.5 Å². The predicted molar refractivity (Wildman–Crippen MR) is 97.1 cm³/mol. The molecule has 0 aliphatic rings. The highest BCUT2D eigenvalue weighted by Crippen LogP contribution is 2.30. The maximum Gasteiger partial charge on any atom is 0.118 e. The normalized spacial score (nSPS) is 12.8. The van der Waals surface area contributed by atoms with Crippen molar-refractivity contribution in [2.45, 2.75) is 26.7 Å². The van der Waals surface area contributed by atoms with Crippen LogP contribution in [0.15, 0.2) is 54.6 Å². The maximum absolute atomic E-state index is 5.26. The Kier molecular flexibility index (Phi) is 6.28. The molecule has 0 amide bonds. The topological polar surface area (TPSA) is 18.5 Å². The van der Waals surface area contributed by atoms with E-state index in [1.165, 1.54) is 16.7 Å². The monoisotopic (exact) mass is 310 g/mol. The van der Waals surface area contributed by atoms with Crippen LogP contribution >= 0.6 is 0 Å².